The van der Waals surface area contributed by atoms with E-state index in [4.69, 9.17) is 25.8 Å². The van der Waals surface area contributed by atoms with Crippen LogP contribution >= 0.6 is 11.6 Å². The Hall–Kier alpha value is -3.84. The number of ether oxygens (including phenoxy) is 3. The normalized spacial score (nSPS) is 10.5. The van der Waals surface area contributed by atoms with Gasteiger partial charge in [0.1, 0.15) is 5.75 Å². The number of halogens is 1. The lowest BCUT2D eigenvalue weighted by Gasteiger charge is -2.08. The molecule has 0 saturated carbocycles. The molecule has 31 heavy (non-hydrogen) atoms. The topological polar surface area (TPSA) is 86.2 Å². The van der Waals surface area contributed by atoms with Gasteiger partial charge in [-0.15, -0.1) is 0 Å². The molecular weight excluding hydrogens is 420 g/mol. The molecule has 0 aliphatic rings. The Morgan fingerprint density at radius 1 is 0.935 bits per heavy atom. The fourth-order valence-corrected chi connectivity index (χ4v) is 2.83. The highest BCUT2D eigenvalue weighted by Gasteiger charge is 2.12. The van der Waals surface area contributed by atoms with Crippen LogP contribution in [0.15, 0.2) is 71.8 Å². The summed E-state index contributed by atoms with van der Waals surface area (Å²) < 4.78 is 15.7. The van der Waals surface area contributed by atoms with Gasteiger partial charge in [0.25, 0.3) is 5.91 Å². The van der Waals surface area contributed by atoms with Gasteiger partial charge in [-0.05, 0) is 60.2 Å². The molecule has 0 aliphatic heterocycles. The Kier molecular flexibility index (Phi) is 7.24. The van der Waals surface area contributed by atoms with Crippen molar-refractivity contribution in [3.05, 3.63) is 88.4 Å². The predicted octanol–water partition coefficient (Wildman–Crippen LogP) is 4.34. The molecular formula is C23H19ClN2O5. The van der Waals surface area contributed by atoms with Crippen LogP contribution in [0.2, 0.25) is 5.02 Å². The van der Waals surface area contributed by atoms with E-state index in [1.54, 1.807) is 66.7 Å². The number of amides is 1. The van der Waals surface area contributed by atoms with Crippen LogP contribution in [-0.2, 0) is 0 Å². The maximum absolute atomic E-state index is 12.3. The second kappa shape index (κ2) is 10.3. The third-order valence-electron chi connectivity index (χ3n) is 4.21. The Balaban J connectivity index is 1.59. The monoisotopic (exact) mass is 438 g/mol. The fourth-order valence-electron chi connectivity index (χ4n) is 2.62. The molecule has 0 unspecified atom stereocenters. The number of nitrogens with zero attached hydrogens (tertiary/aromatic N) is 1. The number of carbonyl (C=O) groups is 2. The van der Waals surface area contributed by atoms with Gasteiger partial charge >= 0.3 is 5.97 Å². The number of carbonyl (C=O) groups excluding carboxylic acids is 2. The summed E-state index contributed by atoms with van der Waals surface area (Å²) in [5.74, 6) is 0.382. The number of esters is 1. The third-order valence-corrected chi connectivity index (χ3v) is 4.54. The Bertz CT molecular complexity index is 1110. The molecule has 158 valence electrons. The largest absolute Gasteiger partial charge is 0.493 e. The standard InChI is InChI=1S/C23H19ClN2O5/c1-29-20-12-9-16(13-21(20)30-2)22(27)26-25-14-15-7-10-17(11-8-15)31-23(28)18-5-3-4-6-19(18)24/h3-14H,1-2H3,(H,26,27). The van der Waals surface area contributed by atoms with Crippen molar-refractivity contribution in [2.45, 2.75) is 0 Å². The maximum atomic E-state index is 12.3. The molecule has 1 amide bonds. The van der Waals surface area contributed by atoms with Crippen LogP contribution in [0.3, 0.4) is 0 Å². The molecule has 0 saturated heterocycles. The molecule has 7 nitrogen and oxygen atoms in total. The summed E-state index contributed by atoms with van der Waals surface area (Å²) in [6.07, 6.45) is 1.47. The van der Waals surface area contributed by atoms with E-state index in [0.717, 1.165) is 0 Å². The van der Waals surface area contributed by atoms with Crippen LogP contribution in [0.1, 0.15) is 26.3 Å². The quantitative estimate of drug-likeness (QED) is 0.256. The van der Waals surface area contributed by atoms with E-state index in [-0.39, 0.29) is 5.56 Å². The molecule has 3 aromatic carbocycles. The second-order valence-electron chi connectivity index (χ2n) is 6.21. The van der Waals surface area contributed by atoms with Gasteiger partial charge in [0.15, 0.2) is 11.5 Å². The highest BCUT2D eigenvalue weighted by atomic mass is 35.5. The van der Waals surface area contributed by atoms with Crippen molar-refractivity contribution in [1.82, 2.24) is 5.43 Å². The molecule has 0 spiro atoms. The first-order valence-electron chi connectivity index (χ1n) is 9.14. The number of hydrazone groups is 1. The summed E-state index contributed by atoms with van der Waals surface area (Å²) in [6.45, 7) is 0. The number of nitrogens with one attached hydrogen (secondary N) is 1. The summed E-state index contributed by atoms with van der Waals surface area (Å²) in [7, 11) is 3.01. The lowest BCUT2D eigenvalue weighted by Crippen LogP contribution is -2.17. The van der Waals surface area contributed by atoms with Crippen LogP contribution in [0.4, 0.5) is 0 Å². The summed E-state index contributed by atoms with van der Waals surface area (Å²) in [5.41, 5.74) is 3.80. The van der Waals surface area contributed by atoms with Crippen LogP contribution in [0, 0.1) is 0 Å². The van der Waals surface area contributed by atoms with E-state index in [2.05, 4.69) is 10.5 Å². The van der Waals surface area contributed by atoms with Crippen molar-refractivity contribution in [3.8, 4) is 17.2 Å². The molecule has 0 atom stereocenters. The van der Waals surface area contributed by atoms with E-state index < -0.39 is 11.9 Å². The molecule has 0 bridgehead atoms. The van der Waals surface area contributed by atoms with Gasteiger partial charge in [-0.3, -0.25) is 4.79 Å². The van der Waals surface area contributed by atoms with E-state index in [9.17, 15) is 9.59 Å². The van der Waals surface area contributed by atoms with Crippen molar-refractivity contribution < 1.29 is 23.8 Å². The lowest BCUT2D eigenvalue weighted by atomic mass is 10.2. The fraction of sp³-hybridized carbons (Fsp3) is 0.0870. The first kappa shape index (κ1) is 21.9. The zero-order valence-corrected chi connectivity index (χ0v) is 17.6. The van der Waals surface area contributed by atoms with E-state index in [0.29, 0.717) is 33.4 Å². The van der Waals surface area contributed by atoms with Crippen molar-refractivity contribution >= 4 is 29.7 Å². The van der Waals surface area contributed by atoms with Gasteiger partial charge in [-0.2, -0.15) is 5.10 Å². The van der Waals surface area contributed by atoms with Crippen LogP contribution in [0.5, 0.6) is 17.2 Å². The molecule has 0 aliphatic carbocycles. The third kappa shape index (κ3) is 5.61. The molecule has 0 aromatic heterocycles. The minimum Gasteiger partial charge on any atom is -0.493 e. The van der Waals surface area contributed by atoms with Crippen molar-refractivity contribution in [2.75, 3.05) is 14.2 Å². The van der Waals surface area contributed by atoms with E-state index in [1.807, 2.05) is 0 Å². The molecule has 0 fully saturated rings. The van der Waals surface area contributed by atoms with Crippen molar-refractivity contribution in [1.29, 1.82) is 0 Å². The van der Waals surface area contributed by atoms with E-state index >= 15 is 0 Å². The van der Waals surface area contributed by atoms with Gasteiger partial charge in [-0.1, -0.05) is 23.7 Å². The molecule has 0 heterocycles. The Morgan fingerprint density at radius 2 is 1.65 bits per heavy atom. The predicted molar refractivity (Wildman–Crippen MR) is 117 cm³/mol. The number of methoxy groups -OCH3 is 2. The Morgan fingerprint density at radius 3 is 2.32 bits per heavy atom. The molecule has 3 rings (SSSR count). The first-order valence-corrected chi connectivity index (χ1v) is 9.52. The van der Waals surface area contributed by atoms with E-state index in [1.165, 1.54) is 20.4 Å². The number of hydrogen-bond donors (Lipinski definition) is 1. The average molecular weight is 439 g/mol. The zero-order valence-electron chi connectivity index (χ0n) is 16.8. The summed E-state index contributed by atoms with van der Waals surface area (Å²) in [6, 6.07) is 18.1. The van der Waals surface area contributed by atoms with Gasteiger partial charge < -0.3 is 14.2 Å². The van der Waals surface area contributed by atoms with Crippen molar-refractivity contribution in [2.24, 2.45) is 5.10 Å². The summed E-state index contributed by atoms with van der Waals surface area (Å²) in [5, 5.41) is 4.26. The molecule has 3 aromatic rings. The summed E-state index contributed by atoms with van der Waals surface area (Å²) in [4.78, 5) is 24.4. The van der Waals surface area contributed by atoms with Gasteiger partial charge in [0.05, 0.1) is 31.0 Å². The second-order valence-corrected chi connectivity index (χ2v) is 6.61. The van der Waals surface area contributed by atoms with Gasteiger partial charge in [-0.25, -0.2) is 10.2 Å². The average Bonchev–Trinajstić information content (AvgIpc) is 2.79. The molecule has 1 N–H and O–H groups in total. The molecule has 8 heteroatoms. The minimum absolute atomic E-state index is 0.285. The van der Waals surface area contributed by atoms with Crippen LogP contribution < -0.4 is 19.6 Å². The summed E-state index contributed by atoms with van der Waals surface area (Å²) >= 11 is 6.00. The number of benzene rings is 3. The molecule has 0 radical (unpaired) electrons. The van der Waals surface area contributed by atoms with Gasteiger partial charge in [0, 0.05) is 5.56 Å². The first-order chi connectivity index (χ1) is 15.0. The zero-order chi connectivity index (χ0) is 22.2. The minimum atomic E-state index is -0.547. The Labute approximate surface area is 184 Å². The van der Waals surface area contributed by atoms with Crippen LogP contribution in [-0.4, -0.2) is 32.3 Å². The highest BCUT2D eigenvalue weighted by molar-refractivity contribution is 6.33. The van der Waals surface area contributed by atoms with Crippen LogP contribution in [0.25, 0.3) is 0 Å². The van der Waals surface area contributed by atoms with Crippen molar-refractivity contribution in [3.63, 3.8) is 0 Å². The smallest absolute Gasteiger partial charge is 0.345 e. The number of hydrogen-bond acceptors (Lipinski definition) is 6. The number of rotatable bonds is 7. The SMILES string of the molecule is COc1ccc(C(=O)NN=Cc2ccc(OC(=O)c3ccccc3Cl)cc2)cc1OC. The maximum Gasteiger partial charge on any atom is 0.345 e. The van der Waals surface area contributed by atoms with Gasteiger partial charge in [0.2, 0.25) is 0 Å². The highest BCUT2D eigenvalue weighted by Crippen LogP contribution is 2.27. The lowest BCUT2D eigenvalue weighted by molar-refractivity contribution is 0.0734.